The van der Waals surface area contributed by atoms with E-state index in [1.807, 2.05) is 25.2 Å². The van der Waals surface area contributed by atoms with Gasteiger partial charge in [-0.05, 0) is 55.4 Å². The van der Waals surface area contributed by atoms with Crippen molar-refractivity contribution in [3.63, 3.8) is 0 Å². The number of amides is 1. The summed E-state index contributed by atoms with van der Waals surface area (Å²) in [4.78, 5) is 41.7. The molecule has 1 N–H and O–H groups in total. The Labute approximate surface area is 203 Å². The summed E-state index contributed by atoms with van der Waals surface area (Å²) in [5.41, 5.74) is 3.55. The summed E-state index contributed by atoms with van der Waals surface area (Å²) < 4.78 is 0.404. The molecule has 33 heavy (non-hydrogen) atoms. The first kappa shape index (κ1) is 23.7. The molecule has 2 saturated heterocycles. The topological polar surface area (TPSA) is 77.9 Å². The lowest BCUT2D eigenvalue weighted by molar-refractivity contribution is -0.137. The highest BCUT2D eigenvalue weighted by molar-refractivity contribution is 8.26. The van der Waals surface area contributed by atoms with Gasteiger partial charge in [-0.2, -0.15) is 0 Å². The third-order valence-corrected chi connectivity index (χ3v) is 7.98. The van der Waals surface area contributed by atoms with Crippen LogP contribution >= 0.6 is 24.0 Å². The molecule has 0 aromatic carbocycles. The van der Waals surface area contributed by atoms with Crippen LogP contribution in [0.25, 0.3) is 0 Å². The second-order valence-corrected chi connectivity index (χ2v) is 10.7. The molecule has 2 heterocycles. The molecule has 1 amide bonds. The molecule has 1 unspecified atom stereocenters. The molecule has 0 bridgehead atoms. The van der Waals surface area contributed by atoms with Crippen molar-refractivity contribution in [2.75, 3.05) is 19.6 Å². The number of hydrogen-bond donors (Lipinski definition) is 1. The first-order valence-corrected chi connectivity index (χ1v) is 12.6. The fourth-order valence-corrected chi connectivity index (χ4v) is 5.87. The van der Waals surface area contributed by atoms with E-state index in [2.05, 4.69) is 17.9 Å². The molecule has 0 aromatic rings. The minimum absolute atomic E-state index is 0.000896. The third kappa shape index (κ3) is 4.92. The number of rotatable bonds is 6. The third-order valence-electron chi connectivity index (χ3n) is 6.60. The predicted octanol–water partition coefficient (Wildman–Crippen LogP) is 4.22. The van der Waals surface area contributed by atoms with Gasteiger partial charge in [0.2, 0.25) is 0 Å². The number of nitrogens with zero attached hydrogens (tertiary/aromatic N) is 2. The van der Waals surface area contributed by atoms with Gasteiger partial charge in [-0.3, -0.25) is 19.3 Å². The Balaban J connectivity index is 1.69. The van der Waals surface area contributed by atoms with E-state index in [1.54, 1.807) is 6.08 Å². The molecule has 0 radical (unpaired) electrons. The minimum atomic E-state index is -0.901. The van der Waals surface area contributed by atoms with Gasteiger partial charge in [0.25, 0.3) is 5.91 Å². The zero-order valence-electron chi connectivity index (χ0n) is 18.9. The van der Waals surface area contributed by atoms with Crippen LogP contribution in [-0.4, -0.2) is 56.5 Å². The number of allylic oxidation sites excluding steroid dienone is 8. The molecule has 0 aromatic heterocycles. The zero-order valence-corrected chi connectivity index (χ0v) is 20.5. The monoisotopic (exact) mass is 484 g/mol. The predicted molar refractivity (Wildman–Crippen MR) is 133 cm³/mol. The van der Waals surface area contributed by atoms with Gasteiger partial charge in [0, 0.05) is 37.3 Å². The molecular formula is C25H28N2O4S2. The van der Waals surface area contributed by atoms with Crippen LogP contribution in [0.5, 0.6) is 0 Å². The van der Waals surface area contributed by atoms with E-state index >= 15 is 0 Å². The molecule has 0 spiro atoms. The van der Waals surface area contributed by atoms with Crippen molar-refractivity contribution >= 4 is 46.0 Å². The van der Waals surface area contributed by atoms with Gasteiger partial charge in [0.1, 0.15) is 4.32 Å². The van der Waals surface area contributed by atoms with Crippen molar-refractivity contribution in [1.29, 1.82) is 0 Å². The normalized spacial score (nSPS) is 25.1. The van der Waals surface area contributed by atoms with E-state index in [-0.39, 0.29) is 30.6 Å². The molecule has 8 heteroatoms. The Morgan fingerprint density at radius 3 is 2.73 bits per heavy atom. The maximum absolute atomic E-state index is 13.6. The number of Topliss-reactive ketones (excluding diaryl/α,β-unsaturated/α-hetero) is 1. The van der Waals surface area contributed by atoms with Crippen LogP contribution in [0.15, 0.2) is 57.7 Å². The second kappa shape index (κ2) is 9.81. The SMILES string of the molecule is CC1=CC=CC2C(=O)C(/C=C3\SC(=S)N(CCCC(=O)O)C3=O)=C(N3CCC(C)CC3)C=C12. The van der Waals surface area contributed by atoms with Crippen molar-refractivity contribution in [3.8, 4) is 0 Å². The van der Waals surface area contributed by atoms with E-state index in [1.165, 1.54) is 16.7 Å². The lowest BCUT2D eigenvalue weighted by Crippen LogP contribution is -2.36. The largest absolute Gasteiger partial charge is 0.481 e. The van der Waals surface area contributed by atoms with Crippen LogP contribution in [0.1, 0.15) is 39.5 Å². The summed E-state index contributed by atoms with van der Waals surface area (Å²) in [5.74, 6) is -0.837. The Bertz CT molecular complexity index is 1060. The van der Waals surface area contributed by atoms with Crippen molar-refractivity contribution < 1.29 is 19.5 Å². The van der Waals surface area contributed by atoms with Gasteiger partial charge in [-0.1, -0.05) is 49.1 Å². The Hall–Kier alpha value is -2.45. The number of carboxylic acid groups (broad SMARTS) is 1. The Kier molecular flexibility index (Phi) is 7.05. The summed E-state index contributed by atoms with van der Waals surface area (Å²) in [6, 6.07) is 0. The molecule has 1 atom stereocenters. The number of piperidine rings is 1. The second-order valence-electron chi connectivity index (χ2n) is 8.98. The number of likely N-dealkylation sites (tertiary alicyclic amines) is 1. The average molecular weight is 485 g/mol. The molecule has 6 nitrogen and oxygen atoms in total. The summed E-state index contributed by atoms with van der Waals surface area (Å²) >= 11 is 6.57. The number of carboxylic acids is 1. The smallest absolute Gasteiger partial charge is 0.303 e. The summed E-state index contributed by atoms with van der Waals surface area (Å²) in [5, 5.41) is 8.88. The number of hydrogen-bond acceptors (Lipinski definition) is 6. The zero-order chi connectivity index (χ0) is 23.7. The lowest BCUT2D eigenvalue weighted by atomic mass is 9.78. The number of thioether (sulfide) groups is 1. The van der Waals surface area contributed by atoms with Crippen molar-refractivity contribution in [2.45, 2.75) is 39.5 Å². The first-order valence-electron chi connectivity index (χ1n) is 11.3. The van der Waals surface area contributed by atoms with Crippen molar-refractivity contribution in [1.82, 2.24) is 9.80 Å². The van der Waals surface area contributed by atoms with Gasteiger partial charge in [-0.15, -0.1) is 0 Å². The van der Waals surface area contributed by atoms with Crippen LogP contribution in [-0.2, 0) is 14.4 Å². The molecule has 2 aliphatic carbocycles. The van der Waals surface area contributed by atoms with Gasteiger partial charge in [0.15, 0.2) is 5.78 Å². The fraction of sp³-hybridized carbons (Fsp3) is 0.440. The molecular weight excluding hydrogens is 456 g/mol. The summed E-state index contributed by atoms with van der Waals surface area (Å²) in [7, 11) is 0. The van der Waals surface area contributed by atoms with Crippen LogP contribution in [0, 0.1) is 11.8 Å². The molecule has 4 aliphatic rings. The number of carbonyl (C=O) groups is 3. The Morgan fingerprint density at radius 2 is 2.03 bits per heavy atom. The number of carbonyl (C=O) groups excluding carboxylic acids is 2. The maximum atomic E-state index is 13.6. The molecule has 2 aliphatic heterocycles. The lowest BCUT2D eigenvalue weighted by Gasteiger charge is -2.37. The van der Waals surface area contributed by atoms with Crippen LogP contribution < -0.4 is 0 Å². The van der Waals surface area contributed by atoms with Crippen molar-refractivity contribution in [3.05, 3.63) is 57.7 Å². The highest BCUT2D eigenvalue weighted by Gasteiger charge is 2.37. The fourth-order valence-electron chi connectivity index (χ4n) is 4.58. The molecule has 2 fully saturated rings. The number of ketones is 1. The van der Waals surface area contributed by atoms with Crippen LogP contribution in [0.4, 0.5) is 0 Å². The van der Waals surface area contributed by atoms with E-state index in [0.717, 1.165) is 42.8 Å². The highest BCUT2D eigenvalue weighted by atomic mass is 32.2. The minimum Gasteiger partial charge on any atom is -0.481 e. The summed E-state index contributed by atoms with van der Waals surface area (Å²) in [6.45, 7) is 6.30. The number of thiocarbonyl (C=S) groups is 1. The highest BCUT2D eigenvalue weighted by Crippen LogP contribution is 2.39. The Morgan fingerprint density at radius 1 is 1.30 bits per heavy atom. The van der Waals surface area contributed by atoms with Crippen LogP contribution in [0.2, 0.25) is 0 Å². The molecule has 4 rings (SSSR count). The van der Waals surface area contributed by atoms with Crippen molar-refractivity contribution in [2.24, 2.45) is 11.8 Å². The number of fused-ring (bicyclic) bond motifs is 1. The quantitative estimate of drug-likeness (QED) is 0.447. The van der Waals surface area contributed by atoms with Gasteiger partial charge in [0.05, 0.1) is 10.8 Å². The van der Waals surface area contributed by atoms with Gasteiger partial charge in [-0.25, -0.2) is 0 Å². The van der Waals surface area contributed by atoms with E-state index < -0.39 is 5.97 Å². The van der Waals surface area contributed by atoms with E-state index in [9.17, 15) is 14.4 Å². The first-order chi connectivity index (χ1) is 15.8. The molecule has 0 saturated carbocycles. The van der Waals surface area contributed by atoms with E-state index in [4.69, 9.17) is 17.3 Å². The number of aliphatic carboxylic acids is 1. The maximum Gasteiger partial charge on any atom is 0.303 e. The van der Waals surface area contributed by atoms with Gasteiger partial charge < -0.3 is 10.0 Å². The molecule has 174 valence electrons. The standard InChI is InChI=1S/C25H28N2O4S2/c1-15-8-11-26(12-9-15)20-13-18-16(2)5-3-6-17(18)23(30)19(20)14-21-24(31)27(25(32)33-21)10-4-7-22(28)29/h3,5-6,13-15,17H,4,7-12H2,1-2H3,(H,28,29)/b21-14-. The average Bonchev–Trinajstić information content (AvgIpc) is 3.04. The van der Waals surface area contributed by atoms with Crippen LogP contribution in [0.3, 0.4) is 0 Å². The van der Waals surface area contributed by atoms with E-state index in [0.29, 0.717) is 27.1 Å². The summed E-state index contributed by atoms with van der Waals surface area (Å²) in [6.07, 6.45) is 12.1. The van der Waals surface area contributed by atoms with Gasteiger partial charge >= 0.3 is 5.97 Å².